The molecule has 1 fully saturated rings. The molecular weight excluding hydrogens is 288 g/mol. The average molecular weight is 308 g/mol. The number of ether oxygens (including phenoxy) is 1. The quantitative estimate of drug-likeness (QED) is 0.296. The van der Waals surface area contributed by atoms with Gasteiger partial charge in [-0.3, -0.25) is 9.69 Å². The Kier molecular flexibility index (Phi) is 6.01. The highest BCUT2D eigenvalue weighted by atomic mass is 16.5. The second-order valence-electron chi connectivity index (χ2n) is 4.77. The van der Waals surface area contributed by atoms with E-state index in [1.165, 1.54) is 0 Å². The molecule has 1 rings (SSSR count). The van der Waals surface area contributed by atoms with Crippen LogP contribution in [0.4, 0.5) is 0 Å². The largest absolute Gasteiger partial charge is 0.480 e. The molecule has 6 atom stereocenters. The summed E-state index contributed by atoms with van der Waals surface area (Å²) in [5, 5.41) is 46.8. The number of carbonyl (C=O) groups excluding carboxylic acids is 1. The van der Waals surface area contributed by atoms with E-state index in [0.29, 0.717) is 4.90 Å². The molecule has 1 unspecified atom stereocenters. The van der Waals surface area contributed by atoms with Crippen molar-refractivity contribution in [2.75, 3.05) is 13.2 Å². The summed E-state index contributed by atoms with van der Waals surface area (Å²) >= 11 is 0. The van der Waals surface area contributed by atoms with Gasteiger partial charge >= 0.3 is 5.97 Å². The molecule has 1 heterocycles. The van der Waals surface area contributed by atoms with E-state index < -0.39 is 61.7 Å². The lowest BCUT2D eigenvalue weighted by Gasteiger charge is -2.46. The molecule has 0 aliphatic carbocycles. The van der Waals surface area contributed by atoms with Crippen molar-refractivity contribution in [3.05, 3.63) is 0 Å². The number of aliphatic hydroxyl groups excluding tert-OH is 4. The minimum atomic E-state index is -1.62. The first kappa shape index (κ1) is 17.8. The highest BCUT2D eigenvalue weighted by molar-refractivity contribution is 5.82. The number of aliphatic carboxylic acids is 1. The van der Waals surface area contributed by atoms with Gasteiger partial charge in [0.2, 0.25) is 5.91 Å². The van der Waals surface area contributed by atoms with Gasteiger partial charge in [0.1, 0.15) is 18.3 Å². The molecule has 0 aromatic heterocycles. The van der Waals surface area contributed by atoms with Crippen LogP contribution in [0.15, 0.2) is 0 Å². The summed E-state index contributed by atoms with van der Waals surface area (Å²) in [6, 6.07) is -2.93. The van der Waals surface area contributed by atoms with Crippen molar-refractivity contribution in [3.8, 4) is 0 Å². The van der Waals surface area contributed by atoms with Crippen LogP contribution < -0.4 is 5.73 Å². The maximum absolute atomic E-state index is 11.7. The molecule has 0 spiro atoms. The first-order chi connectivity index (χ1) is 9.76. The van der Waals surface area contributed by atoms with Crippen molar-refractivity contribution in [2.45, 2.75) is 43.5 Å². The maximum Gasteiger partial charge on any atom is 0.328 e. The van der Waals surface area contributed by atoms with Crippen LogP contribution in [-0.2, 0) is 14.3 Å². The average Bonchev–Trinajstić information content (AvgIpc) is 2.42. The number of carbonyl (C=O) groups is 2. The molecule has 7 N–H and O–H groups in total. The third-order valence-electron chi connectivity index (χ3n) is 3.38. The number of nitrogens with two attached hydrogens (primary N) is 1. The Morgan fingerprint density at radius 3 is 2.24 bits per heavy atom. The molecule has 0 saturated carbocycles. The number of hydrogen-bond donors (Lipinski definition) is 6. The van der Waals surface area contributed by atoms with Crippen LogP contribution >= 0.6 is 0 Å². The van der Waals surface area contributed by atoms with Crippen LogP contribution in [0.2, 0.25) is 0 Å². The zero-order valence-electron chi connectivity index (χ0n) is 11.4. The first-order valence-corrected chi connectivity index (χ1v) is 6.26. The van der Waals surface area contributed by atoms with Gasteiger partial charge in [0.05, 0.1) is 19.3 Å². The molecule has 0 bridgehead atoms. The second-order valence-corrected chi connectivity index (χ2v) is 4.77. The Bertz CT molecular complexity index is 390. The Morgan fingerprint density at radius 1 is 1.29 bits per heavy atom. The van der Waals surface area contributed by atoms with Crippen LogP contribution in [0, 0.1) is 0 Å². The van der Waals surface area contributed by atoms with E-state index >= 15 is 0 Å². The van der Waals surface area contributed by atoms with Crippen molar-refractivity contribution in [2.24, 2.45) is 5.73 Å². The van der Waals surface area contributed by atoms with Gasteiger partial charge in [-0.15, -0.1) is 0 Å². The van der Waals surface area contributed by atoms with Gasteiger partial charge in [-0.2, -0.15) is 0 Å². The lowest BCUT2D eigenvalue weighted by atomic mass is 9.95. The zero-order chi connectivity index (χ0) is 16.3. The minimum absolute atomic E-state index is 0.663. The molecule has 122 valence electrons. The number of hydrogen-bond acceptors (Lipinski definition) is 8. The van der Waals surface area contributed by atoms with Gasteiger partial charge in [-0.25, -0.2) is 4.79 Å². The Morgan fingerprint density at radius 2 is 1.86 bits per heavy atom. The summed E-state index contributed by atoms with van der Waals surface area (Å²) in [7, 11) is 0. The van der Waals surface area contributed by atoms with Gasteiger partial charge in [-0.05, 0) is 0 Å². The fraction of sp³-hybridized carbons (Fsp3) is 0.818. The van der Waals surface area contributed by atoms with Crippen LogP contribution in [0.25, 0.3) is 0 Å². The predicted molar refractivity (Wildman–Crippen MR) is 66.8 cm³/mol. The summed E-state index contributed by atoms with van der Waals surface area (Å²) in [4.78, 5) is 23.5. The summed E-state index contributed by atoms with van der Waals surface area (Å²) in [5.74, 6) is -2.23. The van der Waals surface area contributed by atoms with Crippen molar-refractivity contribution in [1.29, 1.82) is 0 Å². The predicted octanol–water partition coefficient (Wildman–Crippen LogP) is -3.95. The highest BCUT2D eigenvalue weighted by Gasteiger charge is 2.48. The van der Waals surface area contributed by atoms with E-state index in [1.54, 1.807) is 0 Å². The minimum Gasteiger partial charge on any atom is -0.480 e. The lowest BCUT2D eigenvalue weighted by Crippen LogP contribution is -2.69. The number of rotatable bonds is 5. The number of carboxylic acids is 1. The van der Waals surface area contributed by atoms with Crippen molar-refractivity contribution in [1.82, 2.24) is 4.90 Å². The Labute approximate surface area is 120 Å². The third-order valence-corrected chi connectivity index (χ3v) is 3.38. The molecule has 1 saturated heterocycles. The molecule has 0 aromatic carbocycles. The van der Waals surface area contributed by atoms with E-state index in [1.807, 2.05) is 0 Å². The smallest absolute Gasteiger partial charge is 0.328 e. The third kappa shape index (κ3) is 3.48. The number of carboxylic acid groups (broad SMARTS) is 1. The van der Waals surface area contributed by atoms with Crippen LogP contribution in [0.1, 0.15) is 6.92 Å². The monoisotopic (exact) mass is 308 g/mol. The Balaban J connectivity index is 3.11. The molecule has 0 aromatic rings. The van der Waals surface area contributed by atoms with Gasteiger partial charge in [0.15, 0.2) is 12.3 Å². The number of aliphatic hydroxyl groups is 4. The number of nitrogens with zero attached hydrogens (tertiary/aromatic N) is 1. The highest BCUT2D eigenvalue weighted by Crippen LogP contribution is 2.24. The molecule has 21 heavy (non-hydrogen) atoms. The number of amides is 1. The molecule has 10 heteroatoms. The fourth-order valence-corrected chi connectivity index (χ4v) is 2.23. The van der Waals surface area contributed by atoms with Gasteiger partial charge in [0, 0.05) is 6.92 Å². The molecule has 1 aliphatic heterocycles. The summed E-state index contributed by atoms with van der Waals surface area (Å²) in [5.41, 5.74) is 5.68. The summed E-state index contributed by atoms with van der Waals surface area (Å²) in [6.07, 6.45) is -5.66. The van der Waals surface area contributed by atoms with Crippen molar-refractivity contribution < 1.29 is 39.9 Å². The zero-order valence-corrected chi connectivity index (χ0v) is 11.4. The van der Waals surface area contributed by atoms with Crippen molar-refractivity contribution in [3.63, 3.8) is 0 Å². The normalized spacial score (nSPS) is 34.3. The first-order valence-electron chi connectivity index (χ1n) is 6.26. The van der Waals surface area contributed by atoms with Gasteiger partial charge in [-0.1, -0.05) is 0 Å². The SMILES string of the molecule is CC(=O)N(C1O[C@H](CO)[C@@H](O)[C@H](O)[C@H]1N)[C@@H](CO)C(=O)O. The Hall–Kier alpha value is -1.30. The standard InChI is InChI=1S/C11H20N2O8/c1-4(16)13(5(2-14)11(19)20)10-7(12)9(18)8(17)6(3-15)21-10/h5-10,14-15,17-18H,2-3,12H2,1H3,(H,19,20)/t5-,6+,7+,8+,9+,10?/m0/s1. The maximum atomic E-state index is 11.7. The van der Waals surface area contributed by atoms with Gasteiger partial charge < -0.3 is 36.0 Å². The van der Waals surface area contributed by atoms with Crippen LogP contribution in [0.3, 0.4) is 0 Å². The topological polar surface area (TPSA) is 174 Å². The van der Waals surface area contributed by atoms with E-state index in [2.05, 4.69) is 0 Å². The molecule has 1 amide bonds. The van der Waals surface area contributed by atoms with Crippen molar-refractivity contribution >= 4 is 11.9 Å². The van der Waals surface area contributed by atoms with Gasteiger partial charge in [0.25, 0.3) is 0 Å². The molecule has 0 radical (unpaired) electrons. The van der Waals surface area contributed by atoms with Crippen LogP contribution in [0.5, 0.6) is 0 Å². The summed E-state index contributed by atoms with van der Waals surface area (Å²) in [6.45, 7) is -0.499. The molecular formula is C11H20N2O8. The van der Waals surface area contributed by atoms with E-state index in [9.17, 15) is 19.8 Å². The van der Waals surface area contributed by atoms with E-state index in [4.69, 9.17) is 25.8 Å². The molecule has 1 aliphatic rings. The summed E-state index contributed by atoms with van der Waals surface area (Å²) < 4.78 is 5.23. The fourth-order valence-electron chi connectivity index (χ4n) is 2.23. The van der Waals surface area contributed by atoms with Crippen LogP contribution in [-0.4, -0.2) is 92.1 Å². The lowest BCUT2D eigenvalue weighted by molar-refractivity contribution is -0.233. The van der Waals surface area contributed by atoms with E-state index in [-0.39, 0.29) is 0 Å². The second kappa shape index (κ2) is 7.11. The molecule has 10 nitrogen and oxygen atoms in total. The van der Waals surface area contributed by atoms with E-state index in [0.717, 1.165) is 6.92 Å².